The van der Waals surface area contributed by atoms with E-state index >= 15 is 0 Å². The molecular weight excluding hydrogens is 292 g/mol. The molecular formula is C13H16N4O3S. The molecule has 8 heteroatoms. The molecule has 2 aromatic heterocycles. The Bertz CT molecular complexity index is 761. The molecule has 0 saturated carbocycles. The average Bonchev–Trinajstić information content (AvgIpc) is 2.76. The van der Waals surface area contributed by atoms with Crippen molar-refractivity contribution in [1.82, 2.24) is 14.6 Å². The maximum absolute atomic E-state index is 12.4. The maximum atomic E-state index is 12.4. The first kappa shape index (κ1) is 15.2. The molecule has 0 fully saturated rings. The van der Waals surface area contributed by atoms with Crippen LogP contribution in [0.3, 0.4) is 0 Å². The molecule has 112 valence electrons. The lowest BCUT2D eigenvalue weighted by atomic mass is 10.2. The molecule has 7 nitrogen and oxygen atoms in total. The number of carbonyl (C=O) groups excluding carboxylic acids is 1. The van der Waals surface area contributed by atoms with E-state index in [9.17, 15) is 9.59 Å². The molecule has 0 atom stereocenters. The zero-order valence-electron chi connectivity index (χ0n) is 12.3. The predicted molar refractivity (Wildman–Crippen MR) is 82.2 cm³/mol. The zero-order valence-corrected chi connectivity index (χ0v) is 13.1. The third kappa shape index (κ3) is 2.94. The van der Waals surface area contributed by atoms with Crippen LogP contribution in [-0.2, 0) is 4.74 Å². The number of nitrogens with zero attached hydrogens (tertiary/aromatic N) is 4. The fourth-order valence-electron chi connectivity index (χ4n) is 1.75. The summed E-state index contributed by atoms with van der Waals surface area (Å²) in [5.74, 6) is -0.430. The largest absolute Gasteiger partial charge is 0.462 e. The van der Waals surface area contributed by atoms with Crippen molar-refractivity contribution in [3.8, 4) is 0 Å². The van der Waals surface area contributed by atoms with Crippen LogP contribution in [0.25, 0.3) is 10.2 Å². The van der Waals surface area contributed by atoms with Gasteiger partial charge >= 0.3 is 5.97 Å². The second-order valence-corrected chi connectivity index (χ2v) is 5.54. The number of ether oxygens (including phenoxy) is 1. The highest BCUT2D eigenvalue weighted by atomic mass is 32.1. The highest BCUT2D eigenvalue weighted by molar-refractivity contribution is 7.20. The molecule has 0 aromatic carbocycles. The molecule has 0 amide bonds. The molecule has 0 radical (unpaired) electrons. The average molecular weight is 308 g/mol. The van der Waals surface area contributed by atoms with Gasteiger partial charge in [-0.1, -0.05) is 0 Å². The molecule has 21 heavy (non-hydrogen) atoms. The van der Waals surface area contributed by atoms with E-state index in [1.165, 1.54) is 12.7 Å². The monoisotopic (exact) mass is 308 g/mol. The second-order valence-electron chi connectivity index (χ2n) is 4.55. The summed E-state index contributed by atoms with van der Waals surface area (Å²) in [5, 5.41) is 4.42. The third-order valence-corrected chi connectivity index (χ3v) is 3.88. The molecule has 0 N–H and O–H groups in total. The molecule has 0 aliphatic rings. The number of hydrogen-bond acceptors (Lipinski definition) is 6. The van der Waals surface area contributed by atoms with Crippen LogP contribution in [-0.4, -0.2) is 47.6 Å². The molecule has 2 heterocycles. The predicted octanol–water partition coefficient (Wildman–Crippen LogP) is 1.30. The van der Waals surface area contributed by atoms with Gasteiger partial charge in [-0.3, -0.25) is 4.79 Å². The van der Waals surface area contributed by atoms with E-state index in [1.54, 1.807) is 32.8 Å². The van der Waals surface area contributed by atoms with Gasteiger partial charge in [0.25, 0.3) is 5.56 Å². The highest BCUT2D eigenvalue weighted by Crippen LogP contribution is 2.27. The van der Waals surface area contributed by atoms with E-state index in [1.807, 2.05) is 0 Å². The van der Waals surface area contributed by atoms with E-state index in [-0.39, 0.29) is 12.2 Å². The number of rotatable bonds is 4. The van der Waals surface area contributed by atoms with Gasteiger partial charge in [-0.15, -0.1) is 11.3 Å². The first-order chi connectivity index (χ1) is 9.95. The van der Waals surface area contributed by atoms with Gasteiger partial charge in [0.1, 0.15) is 22.4 Å². The van der Waals surface area contributed by atoms with Crippen LogP contribution in [0.4, 0.5) is 0 Å². The minimum absolute atomic E-state index is 0.289. The summed E-state index contributed by atoms with van der Waals surface area (Å²) < 4.78 is 6.14. The van der Waals surface area contributed by atoms with Crippen LogP contribution in [0.15, 0.2) is 16.2 Å². The number of carbonyl (C=O) groups is 1. The number of aryl methyl sites for hydroxylation is 1. The molecule has 2 aromatic rings. The topological polar surface area (TPSA) is 76.8 Å². The van der Waals surface area contributed by atoms with Crippen molar-refractivity contribution in [2.45, 2.75) is 13.8 Å². The van der Waals surface area contributed by atoms with Crippen molar-refractivity contribution in [1.29, 1.82) is 0 Å². The van der Waals surface area contributed by atoms with Crippen LogP contribution in [0.2, 0.25) is 0 Å². The van der Waals surface area contributed by atoms with Gasteiger partial charge in [-0.25, -0.2) is 9.78 Å². The molecule has 0 aliphatic carbocycles. The van der Waals surface area contributed by atoms with Crippen molar-refractivity contribution in [2.24, 2.45) is 5.10 Å². The lowest BCUT2D eigenvalue weighted by molar-refractivity contribution is 0.0531. The number of hydrogen-bond donors (Lipinski definition) is 0. The number of aromatic nitrogens is 2. The molecule has 0 spiro atoms. The Labute approximate surface area is 125 Å². The smallest absolute Gasteiger partial charge is 0.348 e. The van der Waals surface area contributed by atoms with E-state index in [4.69, 9.17) is 4.74 Å². The lowest BCUT2D eigenvalue weighted by Gasteiger charge is -2.03. The summed E-state index contributed by atoms with van der Waals surface area (Å²) in [7, 11) is 3.60. The summed E-state index contributed by atoms with van der Waals surface area (Å²) in [4.78, 5) is 31.1. The van der Waals surface area contributed by atoms with Crippen molar-refractivity contribution < 1.29 is 9.53 Å². The Balaban J connectivity index is 2.58. The second kappa shape index (κ2) is 6.04. The zero-order chi connectivity index (χ0) is 15.6. The Kier molecular flexibility index (Phi) is 4.37. The van der Waals surface area contributed by atoms with Crippen LogP contribution in [0.1, 0.15) is 22.2 Å². The van der Waals surface area contributed by atoms with Gasteiger partial charge < -0.3 is 9.64 Å². The van der Waals surface area contributed by atoms with Gasteiger partial charge in [0.15, 0.2) is 0 Å². The van der Waals surface area contributed by atoms with E-state index in [2.05, 4.69) is 10.1 Å². The van der Waals surface area contributed by atoms with Gasteiger partial charge in [0.05, 0.1) is 12.0 Å². The molecule has 0 bridgehead atoms. The minimum Gasteiger partial charge on any atom is -0.462 e. The van der Waals surface area contributed by atoms with Crippen molar-refractivity contribution in [3.63, 3.8) is 0 Å². The minimum atomic E-state index is -0.430. The van der Waals surface area contributed by atoms with Crippen molar-refractivity contribution in [3.05, 3.63) is 27.1 Å². The van der Waals surface area contributed by atoms with Crippen molar-refractivity contribution >= 4 is 33.9 Å². The quantitative estimate of drug-likeness (QED) is 0.483. The van der Waals surface area contributed by atoms with Gasteiger partial charge in [-0.05, 0) is 19.4 Å². The fraction of sp³-hybridized carbons (Fsp3) is 0.385. The summed E-state index contributed by atoms with van der Waals surface area (Å²) in [6.45, 7) is 3.74. The van der Waals surface area contributed by atoms with Gasteiger partial charge in [0, 0.05) is 14.1 Å². The summed E-state index contributed by atoms with van der Waals surface area (Å²) in [6, 6.07) is 0. The van der Waals surface area contributed by atoms with Crippen LogP contribution < -0.4 is 5.56 Å². The first-order valence-corrected chi connectivity index (χ1v) is 7.16. The van der Waals surface area contributed by atoms with Crippen LogP contribution in [0.5, 0.6) is 0 Å². The number of esters is 1. The Hall–Kier alpha value is -2.22. The summed E-state index contributed by atoms with van der Waals surface area (Å²) in [5.41, 5.74) is 0.280. The van der Waals surface area contributed by atoms with E-state index < -0.39 is 5.97 Å². The van der Waals surface area contributed by atoms with Gasteiger partial charge in [-0.2, -0.15) is 9.78 Å². The standard InChI is InChI=1S/C13H16N4O3S/c1-5-20-13(19)10-8(2)9-11(21-10)14-6-17(12(9)18)15-7-16(3)4/h6-7H,5H2,1-4H3/b15-7-. The Morgan fingerprint density at radius 2 is 2.29 bits per heavy atom. The normalized spacial score (nSPS) is 11.2. The third-order valence-electron chi connectivity index (χ3n) is 2.70. The number of fused-ring (bicyclic) bond motifs is 1. The summed E-state index contributed by atoms with van der Waals surface area (Å²) >= 11 is 1.16. The molecule has 0 unspecified atom stereocenters. The van der Waals surface area contributed by atoms with E-state index in [0.29, 0.717) is 20.7 Å². The highest BCUT2D eigenvalue weighted by Gasteiger charge is 2.20. The maximum Gasteiger partial charge on any atom is 0.348 e. The van der Waals surface area contributed by atoms with Crippen LogP contribution in [0, 0.1) is 6.92 Å². The lowest BCUT2D eigenvalue weighted by Crippen LogP contribution is -2.19. The fourth-order valence-corrected chi connectivity index (χ4v) is 2.78. The van der Waals surface area contributed by atoms with Gasteiger partial charge in [0.2, 0.25) is 0 Å². The number of thiophene rings is 1. The molecule has 0 saturated heterocycles. The van der Waals surface area contributed by atoms with Crippen LogP contribution >= 0.6 is 11.3 Å². The first-order valence-electron chi connectivity index (χ1n) is 6.34. The Morgan fingerprint density at radius 3 is 2.90 bits per heavy atom. The molecule has 0 aliphatic heterocycles. The molecule has 2 rings (SSSR count). The summed E-state index contributed by atoms with van der Waals surface area (Å²) in [6.07, 6.45) is 2.85. The van der Waals surface area contributed by atoms with E-state index in [0.717, 1.165) is 16.0 Å². The van der Waals surface area contributed by atoms with Crippen molar-refractivity contribution in [2.75, 3.05) is 20.7 Å². The SMILES string of the molecule is CCOC(=O)c1sc2ncn(/N=C\N(C)C)c(=O)c2c1C. The Morgan fingerprint density at radius 1 is 1.57 bits per heavy atom.